The van der Waals surface area contributed by atoms with E-state index >= 15 is 0 Å². The molecule has 1 aromatic heterocycles. The maximum atomic E-state index is 13.3. The lowest BCUT2D eigenvalue weighted by atomic mass is 10.2. The largest absolute Gasteiger partial charge is 0.437 e. The van der Waals surface area contributed by atoms with Gasteiger partial charge in [-0.15, -0.1) is 0 Å². The minimum Gasteiger partial charge on any atom is -0.437 e. The van der Waals surface area contributed by atoms with E-state index in [4.69, 9.17) is 9.47 Å². The molecule has 1 atom stereocenters. The monoisotopic (exact) mass is 319 g/mol. The van der Waals surface area contributed by atoms with Crippen LogP contribution in [0.4, 0.5) is 10.1 Å². The average molecular weight is 319 g/mol. The van der Waals surface area contributed by atoms with E-state index in [9.17, 15) is 9.18 Å². The van der Waals surface area contributed by atoms with Gasteiger partial charge in [0.2, 0.25) is 5.88 Å². The Bertz CT molecular complexity index is 723. The van der Waals surface area contributed by atoms with Crippen molar-refractivity contribution in [1.29, 1.82) is 0 Å². The summed E-state index contributed by atoms with van der Waals surface area (Å²) in [4.78, 5) is 12.2. The topological polar surface area (TPSA) is 65.4 Å². The molecule has 0 radical (unpaired) electrons. The predicted octanol–water partition coefficient (Wildman–Crippen LogP) is 2.78. The van der Waals surface area contributed by atoms with E-state index in [1.54, 1.807) is 26.1 Å². The molecule has 1 aromatic carbocycles. The van der Waals surface area contributed by atoms with Crippen LogP contribution in [0.15, 0.2) is 24.3 Å². The van der Waals surface area contributed by atoms with Gasteiger partial charge in [-0.3, -0.25) is 4.79 Å². The van der Waals surface area contributed by atoms with E-state index in [1.807, 2.05) is 0 Å². The molecule has 3 rings (SSSR count). The second kappa shape index (κ2) is 6.37. The van der Waals surface area contributed by atoms with Gasteiger partial charge in [0.1, 0.15) is 23.4 Å². The highest BCUT2D eigenvalue weighted by atomic mass is 19.1. The third-order valence-electron chi connectivity index (χ3n) is 3.65. The average Bonchev–Trinajstić information content (AvgIpc) is 3.12. The smallest absolute Gasteiger partial charge is 0.253 e. The van der Waals surface area contributed by atoms with Crippen molar-refractivity contribution >= 4 is 11.6 Å². The van der Waals surface area contributed by atoms with Crippen LogP contribution in [0.25, 0.3) is 0 Å². The highest BCUT2D eigenvalue weighted by Gasteiger charge is 2.26. The SMILES string of the molecule is Cc1nn(C)c(Oc2cccc(F)c2)c1NC(=O)C1CCCO1. The van der Waals surface area contributed by atoms with E-state index in [0.717, 1.165) is 6.42 Å². The molecule has 1 aliphatic rings. The van der Waals surface area contributed by atoms with Crippen molar-refractivity contribution in [3.8, 4) is 11.6 Å². The number of hydrogen-bond acceptors (Lipinski definition) is 4. The van der Waals surface area contributed by atoms with E-state index < -0.39 is 11.9 Å². The fourth-order valence-corrected chi connectivity index (χ4v) is 2.53. The number of carbonyl (C=O) groups is 1. The highest BCUT2D eigenvalue weighted by molar-refractivity contribution is 5.96. The van der Waals surface area contributed by atoms with E-state index in [0.29, 0.717) is 36.0 Å². The number of benzene rings is 1. The number of ether oxygens (including phenoxy) is 2. The summed E-state index contributed by atoms with van der Waals surface area (Å²) in [6, 6.07) is 5.80. The fraction of sp³-hybridized carbons (Fsp3) is 0.375. The van der Waals surface area contributed by atoms with E-state index in [2.05, 4.69) is 10.4 Å². The van der Waals surface area contributed by atoms with Gasteiger partial charge >= 0.3 is 0 Å². The van der Waals surface area contributed by atoms with Crippen LogP contribution in [0, 0.1) is 12.7 Å². The first kappa shape index (κ1) is 15.5. The van der Waals surface area contributed by atoms with Crippen molar-refractivity contribution < 1.29 is 18.7 Å². The molecule has 6 nitrogen and oxygen atoms in total. The third-order valence-corrected chi connectivity index (χ3v) is 3.65. The van der Waals surface area contributed by atoms with Gasteiger partial charge in [-0.2, -0.15) is 5.10 Å². The highest BCUT2D eigenvalue weighted by Crippen LogP contribution is 2.32. The molecule has 1 N–H and O–H groups in total. The summed E-state index contributed by atoms with van der Waals surface area (Å²) in [6.07, 6.45) is 1.12. The van der Waals surface area contributed by atoms with Crippen LogP contribution in [0.1, 0.15) is 18.5 Å². The van der Waals surface area contributed by atoms with Crippen LogP contribution in [0.2, 0.25) is 0 Å². The maximum Gasteiger partial charge on any atom is 0.253 e. The number of halogens is 1. The molecule has 0 bridgehead atoms. The van der Waals surface area contributed by atoms with Gasteiger partial charge in [-0.1, -0.05) is 6.07 Å². The quantitative estimate of drug-likeness (QED) is 0.941. The number of nitrogens with one attached hydrogen (secondary N) is 1. The molecule has 1 saturated heterocycles. The Hall–Kier alpha value is -2.41. The first-order valence-corrected chi connectivity index (χ1v) is 7.44. The molecule has 1 unspecified atom stereocenters. The van der Waals surface area contributed by atoms with Crippen LogP contribution in [-0.2, 0) is 16.6 Å². The zero-order valence-electron chi connectivity index (χ0n) is 13.0. The Morgan fingerprint density at radius 3 is 3.04 bits per heavy atom. The van der Waals surface area contributed by atoms with Crippen LogP contribution in [0.3, 0.4) is 0 Å². The fourth-order valence-electron chi connectivity index (χ4n) is 2.53. The Morgan fingerprint density at radius 2 is 2.35 bits per heavy atom. The first-order chi connectivity index (χ1) is 11.0. The molecule has 1 fully saturated rings. The number of rotatable bonds is 4. The number of aryl methyl sites for hydroxylation is 2. The molecule has 0 saturated carbocycles. The second-order valence-electron chi connectivity index (χ2n) is 5.44. The molecule has 0 aliphatic carbocycles. The summed E-state index contributed by atoms with van der Waals surface area (Å²) >= 11 is 0. The second-order valence-corrected chi connectivity index (χ2v) is 5.44. The van der Waals surface area contributed by atoms with Crippen molar-refractivity contribution in [2.24, 2.45) is 7.05 Å². The summed E-state index contributed by atoms with van der Waals surface area (Å²) in [5, 5.41) is 7.06. The zero-order valence-corrected chi connectivity index (χ0v) is 13.0. The van der Waals surface area contributed by atoms with Crippen LogP contribution in [-0.4, -0.2) is 28.4 Å². The van der Waals surface area contributed by atoms with Gasteiger partial charge in [-0.05, 0) is 31.9 Å². The van der Waals surface area contributed by atoms with Crippen LogP contribution < -0.4 is 10.1 Å². The number of carbonyl (C=O) groups excluding carboxylic acids is 1. The molecule has 7 heteroatoms. The van der Waals surface area contributed by atoms with E-state index in [-0.39, 0.29) is 5.91 Å². The first-order valence-electron chi connectivity index (χ1n) is 7.44. The number of nitrogens with zero attached hydrogens (tertiary/aromatic N) is 2. The van der Waals surface area contributed by atoms with Crippen LogP contribution >= 0.6 is 0 Å². The van der Waals surface area contributed by atoms with Gasteiger partial charge in [0.15, 0.2) is 0 Å². The maximum absolute atomic E-state index is 13.3. The third kappa shape index (κ3) is 3.34. The van der Waals surface area contributed by atoms with Crippen LogP contribution in [0.5, 0.6) is 11.6 Å². The number of hydrogen-bond donors (Lipinski definition) is 1. The van der Waals surface area contributed by atoms with Crippen molar-refractivity contribution in [2.45, 2.75) is 25.9 Å². The molecule has 0 spiro atoms. The summed E-state index contributed by atoms with van der Waals surface area (Å²) in [6.45, 7) is 2.36. The normalized spacial score (nSPS) is 17.3. The van der Waals surface area contributed by atoms with E-state index in [1.165, 1.54) is 16.8 Å². The lowest BCUT2D eigenvalue weighted by Gasteiger charge is -2.12. The number of aromatic nitrogens is 2. The van der Waals surface area contributed by atoms with Gasteiger partial charge in [0.05, 0.1) is 5.69 Å². The summed E-state index contributed by atoms with van der Waals surface area (Å²) in [7, 11) is 1.70. The molecule has 1 aliphatic heterocycles. The zero-order chi connectivity index (χ0) is 16.4. The van der Waals surface area contributed by atoms with Gasteiger partial charge in [-0.25, -0.2) is 9.07 Å². The lowest BCUT2D eigenvalue weighted by Crippen LogP contribution is -2.27. The Balaban J connectivity index is 1.84. The van der Waals surface area contributed by atoms with Gasteiger partial charge < -0.3 is 14.8 Å². The molecular weight excluding hydrogens is 301 g/mol. The summed E-state index contributed by atoms with van der Waals surface area (Å²) in [5.41, 5.74) is 1.09. The number of anilines is 1. The number of amides is 1. The Kier molecular flexibility index (Phi) is 4.29. The minimum absolute atomic E-state index is 0.220. The molecule has 2 aromatic rings. The molecule has 122 valence electrons. The van der Waals surface area contributed by atoms with Crippen molar-refractivity contribution in [3.05, 3.63) is 35.8 Å². The molecular formula is C16H18FN3O3. The molecule has 1 amide bonds. The van der Waals surface area contributed by atoms with Crippen molar-refractivity contribution in [3.63, 3.8) is 0 Å². The lowest BCUT2D eigenvalue weighted by molar-refractivity contribution is -0.124. The molecule has 2 heterocycles. The Morgan fingerprint density at radius 1 is 1.52 bits per heavy atom. The van der Waals surface area contributed by atoms with Gasteiger partial charge in [0, 0.05) is 19.7 Å². The summed E-state index contributed by atoms with van der Waals surface area (Å²) in [5.74, 6) is 0.0640. The Labute approximate surface area is 133 Å². The standard InChI is InChI=1S/C16H18FN3O3/c1-10-14(18-15(21)13-7-4-8-22-13)16(20(2)19-10)23-12-6-3-5-11(17)9-12/h3,5-6,9,13H,4,7-8H2,1-2H3,(H,18,21). The van der Waals surface area contributed by atoms with Crippen molar-refractivity contribution in [2.75, 3.05) is 11.9 Å². The minimum atomic E-state index is -0.448. The van der Waals surface area contributed by atoms with Crippen molar-refractivity contribution in [1.82, 2.24) is 9.78 Å². The van der Waals surface area contributed by atoms with Gasteiger partial charge in [0.25, 0.3) is 5.91 Å². The molecule has 23 heavy (non-hydrogen) atoms. The predicted molar refractivity (Wildman–Crippen MR) is 82.0 cm³/mol. The summed E-state index contributed by atoms with van der Waals surface area (Å²) < 4.78 is 25.9.